The van der Waals surface area contributed by atoms with Crippen molar-refractivity contribution in [3.05, 3.63) is 45.7 Å². The van der Waals surface area contributed by atoms with Gasteiger partial charge in [0.05, 0.1) is 24.4 Å². The molecule has 3 saturated heterocycles. The highest BCUT2D eigenvalue weighted by Gasteiger charge is 2.53. The van der Waals surface area contributed by atoms with E-state index in [1.54, 1.807) is 30.6 Å². The molecule has 0 aliphatic carbocycles. The Kier molecular flexibility index (Phi) is 9.93. The Bertz CT molecular complexity index is 1350. The van der Waals surface area contributed by atoms with Gasteiger partial charge in [-0.05, 0) is 30.0 Å². The number of hydrogen-bond acceptors (Lipinski definition) is 10. The first-order valence-corrected chi connectivity index (χ1v) is 15.5. The monoisotopic (exact) mass is 610 g/mol. The molecule has 3 aliphatic heterocycles. The largest absolute Gasteiger partial charge is 0.383 e. The van der Waals surface area contributed by atoms with Gasteiger partial charge in [-0.25, -0.2) is 4.98 Å². The van der Waals surface area contributed by atoms with E-state index >= 15 is 0 Å². The summed E-state index contributed by atoms with van der Waals surface area (Å²) in [6, 6.07) is 4.88. The van der Waals surface area contributed by atoms with Crippen LogP contribution in [-0.4, -0.2) is 116 Å². The highest BCUT2D eigenvalue weighted by molar-refractivity contribution is 7.14. The number of thiazole rings is 1. The standard InChI is InChI=1S/C29H38N8O5S/c1-18(2)14-21(28(40)37-15-22(33-34-30)26-25(37)24(38)16-42-26)31-27(39)20-6-4-19(5-7-20)23-17-43-29(32-23)36-10-8-35(9-11-36)12-13-41-3/h4-7,17-18,21-22,25-26H,8-16H2,1-3H3,(H,31,39)/t21-,22-,25+,26-/m0/s1. The second-order valence-corrected chi connectivity index (χ2v) is 12.4. The maximum atomic E-state index is 13.7. The SMILES string of the molecule is COCCN1CCN(c2nc(-c3ccc(C(=O)N[C@@H](CC(C)C)C(=O)N4C[C@H](N=[N+]=[N-])[C@@H]5OCC(=O)[C@H]54)cc3)cs2)CC1. The molecule has 1 aromatic carbocycles. The number of methoxy groups -OCH3 is 1. The molecule has 43 heavy (non-hydrogen) atoms. The number of amides is 2. The van der Waals surface area contributed by atoms with Gasteiger partial charge in [0.1, 0.15) is 18.7 Å². The maximum Gasteiger partial charge on any atom is 0.251 e. The van der Waals surface area contributed by atoms with Crippen LogP contribution in [0.1, 0.15) is 30.6 Å². The van der Waals surface area contributed by atoms with Crippen LogP contribution in [0.3, 0.4) is 0 Å². The predicted octanol–water partition coefficient (Wildman–Crippen LogP) is 2.58. The quantitative estimate of drug-likeness (QED) is 0.231. The normalized spacial score (nSPS) is 22.9. The molecule has 0 unspecified atom stereocenters. The number of anilines is 1. The summed E-state index contributed by atoms with van der Waals surface area (Å²) in [5, 5.41) is 9.64. The topological polar surface area (TPSA) is 153 Å². The number of likely N-dealkylation sites (tertiary alicyclic amines) is 1. The van der Waals surface area contributed by atoms with Crippen molar-refractivity contribution in [1.29, 1.82) is 0 Å². The summed E-state index contributed by atoms with van der Waals surface area (Å²) < 4.78 is 10.7. The fraction of sp³-hybridized carbons (Fsp3) is 0.586. The van der Waals surface area contributed by atoms with E-state index in [2.05, 4.69) is 25.1 Å². The average Bonchev–Trinajstić information content (AvgIpc) is 3.74. The molecule has 14 heteroatoms. The van der Waals surface area contributed by atoms with Crippen LogP contribution in [0.25, 0.3) is 21.7 Å². The first-order valence-electron chi connectivity index (χ1n) is 14.6. The molecular weight excluding hydrogens is 572 g/mol. The number of carbonyl (C=O) groups is 3. The van der Waals surface area contributed by atoms with Gasteiger partial charge in [-0.15, -0.1) is 11.3 Å². The Morgan fingerprint density at radius 3 is 2.65 bits per heavy atom. The van der Waals surface area contributed by atoms with Crippen LogP contribution in [0.2, 0.25) is 0 Å². The number of aromatic nitrogens is 1. The van der Waals surface area contributed by atoms with Crippen LogP contribution in [-0.2, 0) is 19.1 Å². The third-order valence-corrected chi connectivity index (χ3v) is 9.04. The van der Waals surface area contributed by atoms with Crippen molar-refractivity contribution in [2.75, 3.05) is 64.5 Å². The number of benzene rings is 1. The summed E-state index contributed by atoms with van der Waals surface area (Å²) in [5.74, 6) is -0.885. The molecule has 2 amide bonds. The number of nitrogens with zero attached hydrogens (tertiary/aromatic N) is 7. The number of ether oxygens (including phenoxy) is 2. The molecule has 0 saturated carbocycles. The summed E-state index contributed by atoms with van der Waals surface area (Å²) in [5.41, 5.74) is 11.1. The van der Waals surface area contributed by atoms with Crippen LogP contribution >= 0.6 is 11.3 Å². The Balaban J connectivity index is 1.23. The third-order valence-electron chi connectivity index (χ3n) is 8.14. The van der Waals surface area contributed by atoms with E-state index in [1.807, 2.05) is 31.4 Å². The van der Waals surface area contributed by atoms with E-state index in [0.717, 1.165) is 55.7 Å². The number of fused-ring (bicyclic) bond motifs is 1. The zero-order valence-corrected chi connectivity index (χ0v) is 25.5. The van der Waals surface area contributed by atoms with Crippen molar-refractivity contribution >= 4 is 34.1 Å². The number of rotatable bonds is 11. The van der Waals surface area contributed by atoms with Crippen molar-refractivity contribution in [2.45, 2.75) is 44.5 Å². The Morgan fingerprint density at radius 2 is 1.98 bits per heavy atom. The van der Waals surface area contributed by atoms with Gasteiger partial charge in [0.2, 0.25) is 5.91 Å². The summed E-state index contributed by atoms with van der Waals surface area (Å²) in [6.07, 6.45) is -0.271. The number of azide groups is 1. The molecular formula is C29H38N8O5S. The van der Waals surface area contributed by atoms with Gasteiger partial charge in [0.15, 0.2) is 10.9 Å². The number of carbonyl (C=O) groups excluding carboxylic acids is 3. The molecule has 230 valence electrons. The van der Waals surface area contributed by atoms with E-state index in [9.17, 15) is 14.4 Å². The van der Waals surface area contributed by atoms with Gasteiger partial charge in [-0.1, -0.05) is 31.1 Å². The first kappa shape index (κ1) is 30.9. The van der Waals surface area contributed by atoms with Crippen molar-refractivity contribution in [2.24, 2.45) is 11.0 Å². The molecule has 2 aromatic rings. The summed E-state index contributed by atoms with van der Waals surface area (Å²) >= 11 is 1.61. The highest BCUT2D eigenvalue weighted by atomic mass is 32.1. The number of Topliss-reactive ketones (excluding diaryl/α,β-unsaturated/α-hetero) is 1. The smallest absolute Gasteiger partial charge is 0.251 e. The molecule has 4 heterocycles. The molecule has 5 rings (SSSR count). The molecule has 3 aliphatic rings. The van der Waals surface area contributed by atoms with Crippen LogP contribution in [0.4, 0.5) is 5.13 Å². The molecule has 1 N–H and O–H groups in total. The number of hydrogen-bond donors (Lipinski definition) is 1. The van der Waals surface area contributed by atoms with Gasteiger partial charge in [-0.3, -0.25) is 19.3 Å². The Labute approximate surface area is 254 Å². The average molecular weight is 611 g/mol. The van der Waals surface area contributed by atoms with Gasteiger partial charge < -0.3 is 24.6 Å². The minimum atomic E-state index is -0.845. The lowest BCUT2D eigenvalue weighted by molar-refractivity contribution is -0.138. The van der Waals surface area contributed by atoms with Crippen molar-refractivity contribution in [3.63, 3.8) is 0 Å². The maximum absolute atomic E-state index is 13.7. The molecule has 13 nitrogen and oxygen atoms in total. The predicted molar refractivity (Wildman–Crippen MR) is 162 cm³/mol. The molecule has 3 fully saturated rings. The summed E-state index contributed by atoms with van der Waals surface area (Å²) in [4.78, 5) is 53.3. The van der Waals surface area contributed by atoms with E-state index in [0.29, 0.717) is 12.0 Å². The lowest BCUT2D eigenvalue weighted by atomic mass is 10.0. The van der Waals surface area contributed by atoms with E-state index in [-0.39, 0.29) is 36.7 Å². The number of nitrogens with one attached hydrogen (secondary N) is 1. The van der Waals surface area contributed by atoms with Gasteiger partial charge in [-0.2, -0.15) is 0 Å². The van der Waals surface area contributed by atoms with E-state index in [4.69, 9.17) is 20.0 Å². The minimum Gasteiger partial charge on any atom is -0.383 e. The lowest BCUT2D eigenvalue weighted by Gasteiger charge is -2.34. The fourth-order valence-corrected chi connectivity index (χ4v) is 6.77. The van der Waals surface area contributed by atoms with E-state index in [1.165, 1.54) is 4.90 Å². The van der Waals surface area contributed by atoms with Crippen LogP contribution in [0, 0.1) is 5.92 Å². The Hall–Kier alpha value is -3.55. The summed E-state index contributed by atoms with van der Waals surface area (Å²) in [6.45, 7) is 9.31. The molecule has 0 radical (unpaired) electrons. The Morgan fingerprint density at radius 1 is 1.23 bits per heavy atom. The van der Waals surface area contributed by atoms with Crippen molar-refractivity contribution in [1.82, 2.24) is 20.1 Å². The molecule has 1 aromatic heterocycles. The lowest BCUT2D eigenvalue weighted by Crippen LogP contribution is -2.52. The highest BCUT2D eigenvalue weighted by Crippen LogP contribution is 2.31. The first-order chi connectivity index (χ1) is 20.8. The number of ketones is 1. The van der Waals surface area contributed by atoms with Gasteiger partial charge in [0, 0.05) is 67.8 Å². The van der Waals surface area contributed by atoms with Crippen molar-refractivity contribution in [3.8, 4) is 11.3 Å². The number of piperazine rings is 1. The molecule has 0 bridgehead atoms. The molecule has 0 spiro atoms. The molecule has 4 atom stereocenters. The van der Waals surface area contributed by atoms with Crippen LogP contribution < -0.4 is 10.2 Å². The van der Waals surface area contributed by atoms with Crippen LogP contribution in [0.15, 0.2) is 34.8 Å². The van der Waals surface area contributed by atoms with Crippen molar-refractivity contribution < 1.29 is 23.9 Å². The fourth-order valence-electron chi connectivity index (χ4n) is 5.88. The second-order valence-electron chi connectivity index (χ2n) is 11.5. The van der Waals surface area contributed by atoms with E-state index < -0.39 is 24.2 Å². The minimum absolute atomic E-state index is 0.0717. The third kappa shape index (κ3) is 7.00. The zero-order chi connectivity index (χ0) is 30.5. The zero-order valence-electron chi connectivity index (χ0n) is 24.7. The summed E-state index contributed by atoms with van der Waals surface area (Å²) in [7, 11) is 1.72. The second kappa shape index (κ2) is 13.8. The van der Waals surface area contributed by atoms with Gasteiger partial charge in [0.25, 0.3) is 5.91 Å². The van der Waals surface area contributed by atoms with Crippen LogP contribution in [0.5, 0.6) is 0 Å². The van der Waals surface area contributed by atoms with Gasteiger partial charge >= 0.3 is 0 Å².